The molecule has 1 N–H and O–H groups in total. The van der Waals surface area contributed by atoms with E-state index in [9.17, 15) is 19.2 Å². The standard InChI is InChI=1S/C25H28Cl2FN7O4S/c1-25(2,3)39-24(37)35-9-8-34(13-15(35)6-7-29)21-16(20(22(36)38-4)31-23(32-21)40-5)12-30-33-18-11-14(26)10-17(27)19(18)28/h10-12,15,33H,6,8-9,13H2,1-5H3/b30-12+. The first-order valence-electron chi connectivity index (χ1n) is 12.0. The van der Waals surface area contributed by atoms with Crippen LogP contribution in [0.1, 0.15) is 43.2 Å². The number of benzene rings is 1. The summed E-state index contributed by atoms with van der Waals surface area (Å²) in [6.07, 6.45) is 2.53. The van der Waals surface area contributed by atoms with E-state index in [1.165, 1.54) is 42.1 Å². The predicted molar refractivity (Wildman–Crippen MR) is 152 cm³/mol. The average Bonchev–Trinajstić information content (AvgIpc) is 2.89. The van der Waals surface area contributed by atoms with Crippen molar-refractivity contribution in [1.29, 1.82) is 5.26 Å². The van der Waals surface area contributed by atoms with E-state index in [4.69, 9.17) is 32.7 Å². The van der Waals surface area contributed by atoms with Gasteiger partial charge in [0.2, 0.25) is 0 Å². The topological polar surface area (TPSA) is 133 Å². The zero-order valence-electron chi connectivity index (χ0n) is 22.5. The van der Waals surface area contributed by atoms with E-state index in [1.54, 1.807) is 27.0 Å². The first-order chi connectivity index (χ1) is 18.9. The van der Waals surface area contributed by atoms with E-state index in [0.717, 1.165) is 0 Å². The molecule has 2 heterocycles. The number of ether oxygens (including phenoxy) is 2. The van der Waals surface area contributed by atoms with Crippen LogP contribution in [-0.2, 0) is 9.47 Å². The number of esters is 1. The number of hydrogen-bond acceptors (Lipinski definition) is 11. The van der Waals surface area contributed by atoms with Gasteiger partial charge in [-0.3, -0.25) is 5.43 Å². The van der Waals surface area contributed by atoms with Crippen LogP contribution in [0.15, 0.2) is 22.4 Å². The monoisotopic (exact) mass is 611 g/mol. The van der Waals surface area contributed by atoms with Gasteiger partial charge in [-0.1, -0.05) is 35.0 Å². The Kier molecular flexibility index (Phi) is 10.4. The summed E-state index contributed by atoms with van der Waals surface area (Å²) in [6.45, 7) is 6.05. The molecule has 1 unspecified atom stereocenters. The molecule has 0 spiro atoms. The largest absolute Gasteiger partial charge is 0.464 e. The van der Waals surface area contributed by atoms with Crippen LogP contribution in [0.4, 0.5) is 20.7 Å². The van der Waals surface area contributed by atoms with Crippen molar-refractivity contribution in [3.05, 3.63) is 39.3 Å². The van der Waals surface area contributed by atoms with Crippen LogP contribution in [-0.4, -0.2) is 77.8 Å². The predicted octanol–water partition coefficient (Wildman–Crippen LogP) is 5.22. The lowest BCUT2D eigenvalue weighted by molar-refractivity contribution is 0.0144. The Bertz CT molecular complexity index is 1350. The van der Waals surface area contributed by atoms with Crippen molar-refractivity contribution >= 4 is 64.7 Å². The Morgan fingerprint density at radius 2 is 2.05 bits per heavy atom. The molecule has 1 aliphatic rings. The zero-order chi connectivity index (χ0) is 29.6. The fourth-order valence-corrected chi connectivity index (χ4v) is 4.69. The third-order valence-electron chi connectivity index (χ3n) is 5.58. The van der Waals surface area contributed by atoms with Crippen LogP contribution in [0, 0.1) is 17.1 Å². The van der Waals surface area contributed by atoms with Crippen molar-refractivity contribution in [3.8, 4) is 6.07 Å². The number of hydrazone groups is 1. The van der Waals surface area contributed by atoms with Crippen LogP contribution in [0.5, 0.6) is 0 Å². The molecule has 1 aromatic heterocycles. The maximum atomic E-state index is 14.5. The summed E-state index contributed by atoms with van der Waals surface area (Å²) in [6, 6.07) is 4.16. The number of nitrogens with zero attached hydrogens (tertiary/aromatic N) is 6. The lowest BCUT2D eigenvalue weighted by Crippen LogP contribution is -2.56. The highest BCUT2D eigenvalue weighted by atomic mass is 35.5. The summed E-state index contributed by atoms with van der Waals surface area (Å²) >= 11 is 13.1. The van der Waals surface area contributed by atoms with Gasteiger partial charge in [0.15, 0.2) is 16.7 Å². The van der Waals surface area contributed by atoms with Crippen LogP contribution < -0.4 is 10.3 Å². The number of rotatable bonds is 7. The molecule has 1 atom stereocenters. The molecular formula is C25H28Cl2FN7O4S. The number of piperazine rings is 1. The number of methoxy groups -OCH3 is 1. The summed E-state index contributed by atoms with van der Waals surface area (Å²) < 4.78 is 24.9. The highest BCUT2D eigenvalue weighted by Crippen LogP contribution is 2.29. The first kappa shape index (κ1) is 31.2. The van der Waals surface area contributed by atoms with Crippen molar-refractivity contribution in [2.75, 3.05) is 43.3 Å². The molecule has 1 aliphatic heterocycles. The van der Waals surface area contributed by atoms with E-state index in [2.05, 4.69) is 26.6 Å². The normalized spacial score (nSPS) is 15.6. The van der Waals surface area contributed by atoms with Gasteiger partial charge in [-0.15, -0.1) is 0 Å². The minimum absolute atomic E-state index is 0.0415. The van der Waals surface area contributed by atoms with Crippen molar-refractivity contribution in [2.45, 2.75) is 44.0 Å². The van der Waals surface area contributed by atoms with Gasteiger partial charge < -0.3 is 19.3 Å². The highest BCUT2D eigenvalue weighted by Gasteiger charge is 2.35. The van der Waals surface area contributed by atoms with Gasteiger partial charge in [-0.25, -0.2) is 23.9 Å². The maximum Gasteiger partial charge on any atom is 0.410 e. The molecule has 0 saturated carbocycles. The van der Waals surface area contributed by atoms with Crippen molar-refractivity contribution < 1.29 is 23.5 Å². The summed E-state index contributed by atoms with van der Waals surface area (Å²) in [7, 11) is 1.22. The number of nitrogens with one attached hydrogen (secondary N) is 1. The second kappa shape index (κ2) is 13.3. The lowest BCUT2D eigenvalue weighted by Gasteiger charge is -2.41. The Labute approximate surface area is 245 Å². The molecule has 1 saturated heterocycles. The highest BCUT2D eigenvalue weighted by molar-refractivity contribution is 7.98. The molecular weight excluding hydrogens is 584 g/mol. The maximum absolute atomic E-state index is 14.5. The minimum atomic E-state index is -0.761. The number of aromatic nitrogens is 2. The number of nitriles is 1. The van der Waals surface area contributed by atoms with Crippen molar-refractivity contribution in [3.63, 3.8) is 0 Å². The molecule has 1 fully saturated rings. The van der Waals surface area contributed by atoms with E-state index >= 15 is 0 Å². The molecule has 2 aromatic rings. The number of anilines is 2. The third-order valence-corrected chi connectivity index (χ3v) is 6.62. The fourth-order valence-electron chi connectivity index (χ4n) is 3.83. The summed E-state index contributed by atoms with van der Waals surface area (Å²) in [5.74, 6) is -1.18. The third kappa shape index (κ3) is 7.65. The molecule has 11 nitrogen and oxygen atoms in total. The Balaban J connectivity index is 2.02. The van der Waals surface area contributed by atoms with Gasteiger partial charge in [-0.2, -0.15) is 10.4 Å². The average molecular weight is 613 g/mol. The number of halogens is 3. The quantitative estimate of drug-likeness (QED) is 0.111. The molecule has 15 heteroatoms. The summed E-state index contributed by atoms with van der Waals surface area (Å²) in [5, 5.41) is 13.8. The van der Waals surface area contributed by atoms with Gasteiger partial charge in [-0.05, 0) is 39.2 Å². The number of carbonyl (C=O) groups excluding carboxylic acids is 2. The van der Waals surface area contributed by atoms with Gasteiger partial charge in [0.1, 0.15) is 11.4 Å². The van der Waals surface area contributed by atoms with Crippen molar-refractivity contribution in [2.24, 2.45) is 5.10 Å². The second-order valence-corrected chi connectivity index (χ2v) is 11.2. The second-order valence-electron chi connectivity index (χ2n) is 9.54. The molecule has 0 radical (unpaired) electrons. The SMILES string of the molecule is COC(=O)c1nc(SC)nc(N2CCN(C(=O)OC(C)(C)C)C(CC#N)C2)c1/C=N/Nc1cc(Cl)cc(Cl)c1F. The van der Waals surface area contributed by atoms with Gasteiger partial charge >= 0.3 is 12.1 Å². The molecule has 3 rings (SSSR count). The zero-order valence-corrected chi connectivity index (χ0v) is 24.8. The summed E-state index contributed by atoms with van der Waals surface area (Å²) in [4.78, 5) is 37.8. The van der Waals surface area contributed by atoms with Crippen LogP contribution >= 0.6 is 35.0 Å². The molecule has 214 valence electrons. The molecule has 1 amide bonds. The fraction of sp³-hybridized carbons (Fsp3) is 0.440. The Morgan fingerprint density at radius 1 is 1.32 bits per heavy atom. The Morgan fingerprint density at radius 3 is 2.67 bits per heavy atom. The van der Waals surface area contributed by atoms with E-state index in [-0.39, 0.29) is 46.5 Å². The minimum Gasteiger partial charge on any atom is -0.464 e. The van der Waals surface area contributed by atoms with Gasteiger partial charge in [0, 0.05) is 24.7 Å². The van der Waals surface area contributed by atoms with E-state index in [1.807, 2.05) is 4.90 Å². The summed E-state index contributed by atoms with van der Waals surface area (Å²) in [5.41, 5.74) is 1.87. The number of thioether (sulfide) groups is 1. The number of amides is 1. The lowest BCUT2D eigenvalue weighted by atomic mass is 10.1. The van der Waals surface area contributed by atoms with Gasteiger partial charge in [0.05, 0.1) is 48.1 Å². The van der Waals surface area contributed by atoms with E-state index in [0.29, 0.717) is 17.5 Å². The molecule has 1 aromatic carbocycles. The van der Waals surface area contributed by atoms with E-state index < -0.39 is 29.5 Å². The Hall–Kier alpha value is -3.34. The van der Waals surface area contributed by atoms with Crippen LogP contribution in [0.2, 0.25) is 10.0 Å². The van der Waals surface area contributed by atoms with Crippen molar-refractivity contribution in [1.82, 2.24) is 14.9 Å². The first-order valence-corrected chi connectivity index (χ1v) is 14.0. The number of hydrogen-bond donors (Lipinski definition) is 1. The molecule has 0 aliphatic carbocycles. The van der Waals surface area contributed by atoms with Gasteiger partial charge in [0.25, 0.3) is 0 Å². The smallest absolute Gasteiger partial charge is 0.410 e. The van der Waals surface area contributed by atoms with Crippen LogP contribution in [0.3, 0.4) is 0 Å². The van der Waals surface area contributed by atoms with Crippen LogP contribution in [0.25, 0.3) is 0 Å². The molecule has 40 heavy (non-hydrogen) atoms. The molecule has 0 bridgehead atoms. The number of carbonyl (C=O) groups is 2.